The van der Waals surface area contributed by atoms with Crippen LogP contribution in [0.2, 0.25) is 0 Å². The highest BCUT2D eigenvalue weighted by Gasteiger charge is 2.25. The standard InChI is InChI=1S/C33H36O11/c1-32(2,3)30(37)41-17-20-13-22(35)28-24(9-7-11-26(28)43-20)39-15-19(34)16-40-25-10-8-12-27-29(25)23(36)14-21(44-27)18-42-31(38)33(4,5)6/h7-14,19,34H,15-18H2,1-6H3. The molecule has 0 fully saturated rings. The van der Waals surface area contributed by atoms with Crippen LogP contribution in [0.15, 0.2) is 67.0 Å². The second kappa shape index (κ2) is 12.9. The minimum atomic E-state index is -1.13. The van der Waals surface area contributed by atoms with E-state index in [1.54, 1.807) is 77.9 Å². The van der Waals surface area contributed by atoms with Gasteiger partial charge in [0.05, 0.1) is 10.8 Å². The summed E-state index contributed by atoms with van der Waals surface area (Å²) in [5, 5.41) is 10.9. The van der Waals surface area contributed by atoms with Gasteiger partial charge in [0.2, 0.25) is 0 Å². The molecule has 0 radical (unpaired) electrons. The van der Waals surface area contributed by atoms with Crippen LogP contribution in [0.3, 0.4) is 0 Å². The number of aliphatic hydroxyl groups is 1. The van der Waals surface area contributed by atoms with Gasteiger partial charge in [-0.25, -0.2) is 0 Å². The lowest BCUT2D eigenvalue weighted by Crippen LogP contribution is -2.25. The molecule has 234 valence electrons. The Labute approximate surface area is 253 Å². The predicted octanol–water partition coefficient (Wildman–Crippen LogP) is 4.90. The predicted molar refractivity (Wildman–Crippen MR) is 160 cm³/mol. The molecular formula is C33H36O11. The monoisotopic (exact) mass is 608 g/mol. The second-order valence-corrected chi connectivity index (χ2v) is 12.3. The van der Waals surface area contributed by atoms with Crippen molar-refractivity contribution in [2.45, 2.75) is 60.9 Å². The lowest BCUT2D eigenvalue weighted by molar-refractivity contribution is -0.155. The molecule has 1 N–H and O–H groups in total. The number of carbonyl (C=O) groups excluding carboxylic acids is 2. The first-order valence-corrected chi connectivity index (χ1v) is 14.0. The first-order valence-electron chi connectivity index (χ1n) is 14.0. The molecule has 11 nitrogen and oxygen atoms in total. The van der Waals surface area contributed by atoms with Gasteiger partial charge in [0, 0.05) is 12.1 Å². The first-order chi connectivity index (χ1) is 20.6. The number of rotatable bonds is 10. The molecule has 4 aromatic rings. The molecule has 2 aromatic heterocycles. The average Bonchev–Trinajstić information content (AvgIpc) is 2.95. The smallest absolute Gasteiger partial charge is 0.311 e. The molecule has 0 bridgehead atoms. The van der Waals surface area contributed by atoms with Crippen LogP contribution < -0.4 is 20.3 Å². The van der Waals surface area contributed by atoms with Crippen molar-refractivity contribution in [3.63, 3.8) is 0 Å². The normalized spacial score (nSPS) is 12.0. The van der Waals surface area contributed by atoms with E-state index < -0.39 is 39.7 Å². The number of benzene rings is 2. The summed E-state index contributed by atoms with van der Waals surface area (Å²) in [5.41, 5.74) is -1.73. The topological polar surface area (TPSA) is 152 Å². The third kappa shape index (κ3) is 7.84. The highest BCUT2D eigenvalue weighted by Crippen LogP contribution is 2.26. The summed E-state index contributed by atoms with van der Waals surface area (Å²) in [6.45, 7) is 9.49. The quantitative estimate of drug-likeness (QED) is 0.245. The SMILES string of the molecule is CC(C)(C)C(=O)OCc1cc(=O)c2c(OCC(O)COc3cccc4oc(COC(=O)C(C)(C)C)cc(=O)c34)cccc2o1. The van der Waals surface area contributed by atoms with Gasteiger partial charge in [0.25, 0.3) is 0 Å². The fraction of sp³-hybridized carbons (Fsp3) is 0.394. The Morgan fingerprint density at radius 2 is 1.09 bits per heavy atom. The summed E-state index contributed by atoms with van der Waals surface area (Å²) in [5.74, 6) is -0.104. The molecule has 2 aromatic carbocycles. The Morgan fingerprint density at radius 3 is 1.45 bits per heavy atom. The van der Waals surface area contributed by atoms with Crippen molar-refractivity contribution in [2.75, 3.05) is 13.2 Å². The fourth-order valence-electron chi connectivity index (χ4n) is 3.97. The molecule has 0 saturated heterocycles. The zero-order valence-electron chi connectivity index (χ0n) is 25.6. The van der Waals surface area contributed by atoms with Crippen molar-refractivity contribution in [2.24, 2.45) is 10.8 Å². The minimum Gasteiger partial charge on any atom is -0.490 e. The van der Waals surface area contributed by atoms with Gasteiger partial charge in [-0.05, 0) is 65.8 Å². The van der Waals surface area contributed by atoms with E-state index >= 15 is 0 Å². The molecule has 0 atom stereocenters. The molecule has 0 spiro atoms. The van der Waals surface area contributed by atoms with E-state index in [1.807, 2.05) is 0 Å². The maximum atomic E-state index is 12.9. The van der Waals surface area contributed by atoms with Crippen molar-refractivity contribution in [3.05, 3.63) is 80.5 Å². The average molecular weight is 609 g/mol. The Bertz CT molecular complexity index is 1650. The van der Waals surface area contributed by atoms with Gasteiger partial charge in [0.1, 0.15) is 77.5 Å². The summed E-state index contributed by atoms with van der Waals surface area (Å²) in [6.07, 6.45) is -1.13. The second-order valence-electron chi connectivity index (χ2n) is 12.3. The number of aliphatic hydroxyl groups excluding tert-OH is 1. The van der Waals surface area contributed by atoms with E-state index in [-0.39, 0.29) is 71.4 Å². The van der Waals surface area contributed by atoms with E-state index in [2.05, 4.69) is 0 Å². The number of ether oxygens (including phenoxy) is 4. The molecule has 0 unspecified atom stereocenters. The highest BCUT2D eigenvalue weighted by atomic mass is 16.5. The lowest BCUT2D eigenvalue weighted by atomic mass is 9.97. The fourth-order valence-corrected chi connectivity index (χ4v) is 3.97. The molecule has 2 heterocycles. The highest BCUT2D eigenvalue weighted by molar-refractivity contribution is 5.84. The van der Waals surface area contributed by atoms with Crippen LogP contribution in [0.25, 0.3) is 21.9 Å². The zero-order valence-corrected chi connectivity index (χ0v) is 25.6. The molecule has 0 saturated carbocycles. The van der Waals surface area contributed by atoms with Gasteiger partial charge < -0.3 is 32.9 Å². The Balaban J connectivity index is 1.40. The van der Waals surface area contributed by atoms with Crippen LogP contribution in [0.4, 0.5) is 0 Å². The van der Waals surface area contributed by atoms with Crippen LogP contribution in [0.5, 0.6) is 11.5 Å². The summed E-state index contributed by atoms with van der Waals surface area (Å²) in [6, 6.07) is 12.0. The molecule has 11 heteroatoms. The van der Waals surface area contributed by atoms with E-state index in [1.165, 1.54) is 12.1 Å². The molecule has 4 rings (SSSR count). The van der Waals surface area contributed by atoms with E-state index in [9.17, 15) is 24.3 Å². The van der Waals surface area contributed by atoms with Crippen LogP contribution in [-0.4, -0.2) is 36.4 Å². The maximum Gasteiger partial charge on any atom is 0.311 e. The van der Waals surface area contributed by atoms with Crippen molar-refractivity contribution < 1.29 is 42.5 Å². The minimum absolute atomic E-state index is 0.169. The summed E-state index contributed by atoms with van der Waals surface area (Å²) in [7, 11) is 0. The third-order valence-electron chi connectivity index (χ3n) is 6.31. The zero-order chi connectivity index (χ0) is 32.2. The van der Waals surface area contributed by atoms with Gasteiger partial charge in [-0.1, -0.05) is 12.1 Å². The molecular weight excluding hydrogens is 572 g/mol. The van der Waals surface area contributed by atoms with Crippen LogP contribution in [0.1, 0.15) is 53.1 Å². The van der Waals surface area contributed by atoms with Gasteiger partial charge in [-0.2, -0.15) is 0 Å². The molecule has 0 aliphatic rings. The molecule has 0 aliphatic heterocycles. The maximum absolute atomic E-state index is 12.9. The van der Waals surface area contributed by atoms with E-state index in [0.29, 0.717) is 0 Å². The summed E-state index contributed by atoms with van der Waals surface area (Å²) < 4.78 is 33.5. The Kier molecular flexibility index (Phi) is 9.48. The number of hydrogen-bond acceptors (Lipinski definition) is 11. The van der Waals surface area contributed by atoms with Crippen LogP contribution >= 0.6 is 0 Å². The van der Waals surface area contributed by atoms with Crippen LogP contribution in [0, 0.1) is 10.8 Å². The number of hydrogen-bond donors (Lipinski definition) is 1. The lowest BCUT2D eigenvalue weighted by Gasteiger charge is -2.17. The van der Waals surface area contributed by atoms with E-state index in [0.717, 1.165) is 0 Å². The molecule has 44 heavy (non-hydrogen) atoms. The number of esters is 2. The number of carbonyl (C=O) groups is 2. The number of fused-ring (bicyclic) bond motifs is 2. The van der Waals surface area contributed by atoms with Crippen molar-refractivity contribution in [1.82, 2.24) is 0 Å². The Morgan fingerprint density at radius 1 is 0.705 bits per heavy atom. The van der Waals surface area contributed by atoms with Crippen molar-refractivity contribution >= 4 is 33.9 Å². The summed E-state index contributed by atoms with van der Waals surface area (Å²) >= 11 is 0. The Hall–Kier alpha value is -4.64. The van der Waals surface area contributed by atoms with Gasteiger partial charge in [-0.15, -0.1) is 0 Å². The molecule has 0 amide bonds. The molecule has 0 aliphatic carbocycles. The summed E-state index contributed by atoms with van der Waals surface area (Å²) in [4.78, 5) is 49.9. The van der Waals surface area contributed by atoms with Gasteiger partial charge in [0.15, 0.2) is 10.9 Å². The van der Waals surface area contributed by atoms with Gasteiger partial charge in [-0.3, -0.25) is 19.2 Å². The van der Waals surface area contributed by atoms with Gasteiger partial charge >= 0.3 is 11.9 Å². The van der Waals surface area contributed by atoms with Crippen LogP contribution in [-0.2, 0) is 32.3 Å². The first kappa shape index (κ1) is 32.3. The van der Waals surface area contributed by atoms with E-state index in [4.69, 9.17) is 27.8 Å². The van der Waals surface area contributed by atoms with Crippen molar-refractivity contribution in [1.29, 1.82) is 0 Å². The third-order valence-corrected chi connectivity index (χ3v) is 6.31. The van der Waals surface area contributed by atoms with Crippen molar-refractivity contribution in [3.8, 4) is 11.5 Å². The largest absolute Gasteiger partial charge is 0.490 e.